The maximum absolute atomic E-state index is 13.5. The van der Waals surface area contributed by atoms with Gasteiger partial charge in [0.25, 0.3) is 0 Å². The largest absolute Gasteiger partial charge is 0.497 e. The van der Waals surface area contributed by atoms with E-state index in [0.29, 0.717) is 0 Å². The number of carbonyl (C=O) groups excluding carboxylic acids is 1. The predicted molar refractivity (Wildman–Crippen MR) is 81.1 cm³/mol. The van der Waals surface area contributed by atoms with E-state index in [4.69, 9.17) is 4.74 Å². The van der Waals surface area contributed by atoms with Gasteiger partial charge in [-0.2, -0.15) is 0 Å². The second kappa shape index (κ2) is 6.74. The molecular formula is C16H17FN2O2. The van der Waals surface area contributed by atoms with Gasteiger partial charge in [0.1, 0.15) is 17.6 Å². The summed E-state index contributed by atoms with van der Waals surface area (Å²) >= 11 is 0. The molecule has 0 aromatic heterocycles. The number of hydrogen-bond acceptors (Lipinski definition) is 3. The Balaban J connectivity index is 1.97. The quantitative estimate of drug-likeness (QED) is 0.887. The lowest BCUT2D eigenvalue weighted by molar-refractivity contribution is -0.116. The number of methoxy groups -OCH3 is 1. The van der Waals surface area contributed by atoms with E-state index in [1.807, 2.05) is 12.1 Å². The topological polar surface area (TPSA) is 50.4 Å². The van der Waals surface area contributed by atoms with Crippen molar-refractivity contribution in [1.29, 1.82) is 0 Å². The molecule has 0 radical (unpaired) electrons. The first-order valence-corrected chi connectivity index (χ1v) is 6.56. The maximum Gasteiger partial charge on any atom is 0.246 e. The summed E-state index contributed by atoms with van der Waals surface area (Å²) in [5, 5.41) is 5.59. The van der Waals surface area contributed by atoms with Crippen molar-refractivity contribution in [2.24, 2.45) is 0 Å². The zero-order chi connectivity index (χ0) is 15.2. The molecule has 0 spiro atoms. The summed E-state index contributed by atoms with van der Waals surface area (Å²) in [6.45, 7) is 1.71. The molecule has 1 amide bonds. The van der Waals surface area contributed by atoms with Gasteiger partial charge in [-0.3, -0.25) is 4.79 Å². The van der Waals surface area contributed by atoms with Crippen molar-refractivity contribution in [3.05, 3.63) is 54.3 Å². The van der Waals surface area contributed by atoms with E-state index >= 15 is 0 Å². The Morgan fingerprint density at radius 2 is 1.81 bits per heavy atom. The minimum absolute atomic E-state index is 0.172. The van der Waals surface area contributed by atoms with Gasteiger partial charge in [0.15, 0.2) is 0 Å². The van der Waals surface area contributed by atoms with Crippen LogP contribution < -0.4 is 15.4 Å². The Morgan fingerprint density at radius 1 is 1.14 bits per heavy atom. The highest BCUT2D eigenvalue weighted by Gasteiger charge is 2.14. The third-order valence-electron chi connectivity index (χ3n) is 3.00. The highest BCUT2D eigenvalue weighted by molar-refractivity contribution is 5.96. The van der Waals surface area contributed by atoms with Crippen LogP contribution in [-0.4, -0.2) is 19.1 Å². The fourth-order valence-corrected chi connectivity index (χ4v) is 1.81. The van der Waals surface area contributed by atoms with E-state index < -0.39 is 11.9 Å². The van der Waals surface area contributed by atoms with Crippen molar-refractivity contribution in [1.82, 2.24) is 0 Å². The second-order valence-corrected chi connectivity index (χ2v) is 4.56. The van der Waals surface area contributed by atoms with E-state index in [9.17, 15) is 9.18 Å². The number of rotatable bonds is 5. The normalized spacial score (nSPS) is 11.6. The monoisotopic (exact) mass is 288 g/mol. The second-order valence-electron chi connectivity index (χ2n) is 4.56. The van der Waals surface area contributed by atoms with Crippen LogP contribution in [0.4, 0.5) is 15.8 Å². The molecule has 110 valence electrons. The lowest BCUT2D eigenvalue weighted by Crippen LogP contribution is -2.32. The number of ether oxygens (including phenoxy) is 1. The molecule has 5 heteroatoms. The molecule has 0 heterocycles. The molecule has 0 saturated heterocycles. The van der Waals surface area contributed by atoms with Crippen molar-refractivity contribution >= 4 is 17.3 Å². The lowest BCUT2D eigenvalue weighted by atomic mass is 10.2. The Morgan fingerprint density at radius 3 is 2.43 bits per heavy atom. The molecule has 2 N–H and O–H groups in total. The van der Waals surface area contributed by atoms with Gasteiger partial charge in [-0.1, -0.05) is 12.1 Å². The first-order valence-electron chi connectivity index (χ1n) is 6.56. The van der Waals surface area contributed by atoms with E-state index in [1.54, 1.807) is 38.3 Å². The van der Waals surface area contributed by atoms with Gasteiger partial charge in [0, 0.05) is 5.69 Å². The zero-order valence-corrected chi connectivity index (χ0v) is 11.9. The molecule has 0 aliphatic carbocycles. The Kier molecular flexibility index (Phi) is 4.77. The highest BCUT2D eigenvalue weighted by Crippen LogP contribution is 2.17. The van der Waals surface area contributed by atoms with Gasteiger partial charge in [-0.05, 0) is 43.3 Å². The van der Waals surface area contributed by atoms with Crippen LogP contribution in [0.25, 0.3) is 0 Å². The number of para-hydroxylation sites is 1. The Bertz CT molecular complexity index is 614. The average Bonchev–Trinajstić information content (AvgIpc) is 2.50. The van der Waals surface area contributed by atoms with Crippen molar-refractivity contribution < 1.29 is 13.9 Å². The smallest absolute Gasteiger partial charge is 0.246 e. The van der Waals surface area contributed by atoms with Crippen LogP contribution in [0, 0.1) is 5.82 Å². The summed E-state index contributed by atoms with van der Waals surface area (Å²) in [5.41, 5.74) is 0.956. The van der Waals surface area contributed by atoms with Crippen LogP contribution in [-0.2, 0) is 4.79 Å². The number of halogens is 1. The van der Waals surface area contributed by atoms with E-state index in [2.05, 4.69) is 10.6 Å². The lowest BCUT2D eigenvalue weighted by Gasteiger charge is -2.15. The summed E-state index contributed by atoms with van der Waals surface area (Å²) in [6.07, 6.45) is 0. The minimum Gasteiger partial charge on any atom is -0.497 e. The Labute approximate surface area is 122 Å². The average molecular weight is 288 g/mol. The van der Waals surface area contributed by atoms with Crippen LogP contribution in [0.5, 0.6) is 5.75 Å². The van der Waals surface area contributed by atoms with Crippen LogP contribution >= 0.6 is 0 Å². The minimum atomic E-state index is -0.502. The molecule has 4 nitrogen and oxygen atoms in total. The molecule has 2 aromatic rings. The molecule has 2 rings (SSSR count). The third-order valence-corrected chi connectivity index (χ3v) is 3.00. The fourth-order valence-electron chi connectivity index (χ4n) is 1.81. The molecular weight excluding hydrogens is 271 g/mol. The fraction of sp³-hybridized carbons (Fsp3) is 0.188. The predicted octanol–water partition coefficient (Wildman–Crippen LogP) is 3.27. The SMILES string of the molecule is COc1ccc(NC(C)C(=O)Nc2ccccc2F)cc1. The third kappa shape index (κ3) is 3.95. The molecule has 0 aliphatic heterocycles. The van der Waals surface area contributed by atoms with Crippen LogP contribution in [0.15, 0.2) is 48.5 Å². The molecule has 1 atom stereocenters. The van der Waals surface area contributed by atoms with Gasteiger partial charge in [-0.25, -0.2) is 4.39 Å². The number of benzene rings is 2. The molecule has 21 heavy (non-hydrogen) atoms. The summed E-state index contributed by atoms with van der Waals surface area (Å²) < 4.78 is 18.5. The first kappa shape index (κ1) is 14.8. The standard InChI is InChI=1S/C16H17FN2O2/c1-11(18-12-7-9-13(21-2)10-8-12)16(20)19-15-6-4-3-5-14(15)17/h3-11,18H,1-2H3,(H,19,20). The first-order chi connectivity index (χ1) is 10.1. The van der Waals surface area contributed by atoms with Crippen LogP contribution in [0.3, 0.4) is 0 Å². The zero-order valence-electron chi connectivity index (χ0n) is 11.9. The van der Waals surface area contributed by atoms with Crippen LogP contribution in [0.1, 0.15) is 6.92 Å². The van der Waals surface area contributed by atoms with Crippen LogP contribution in [0.2, 0.25) is 0 Å². The summed E-state index contributed by atoms with van der Waals surface area (Å²) in [5.74, 6) is -0.0255. The molecule has 0 saturated carbocycles. The molecule has 1 unspecified atom stereocenters. The Hall–Kier alpha value is -2.56. The molecule has 0 bridgehead atoms. The van der Waals surface area contributed by atoms with Crippen molar-refractivity contribution in [3.63, 3.8) is 0 Å². The van der Waals surface area contributed by atoms with Gasteiger partial charge in [-0.15, -0.1) is 0 Å². The van der Waals surface area contributed by atoms with Crippen molar-refractivity contribution in [2.75, 3.05) is 17.7 Å². The molecule has 0 aliphatic rings. The molecule has 0 fully saturated rings. The van der Waals surface area contributed by atoms with Gasteiger partial charge < -0.3 is 15.4 Å². The number of nitrogens with one attached hydrogen (secondary N) is 2. The van der Waals surface area contributed by atoms with Gasteiger partial charge in [0.2, 0.25) is 5.91 Å². The summed E-state index contributed by atoms with van der Waals surface area (Å²) in [7, 11) is 1.59. The number of anilines is 2. The van der Waals surface area contributed by atoms with Gasteiger partial charge in [0.05, 0.1) is 12.8 Å². The van der Waals surface area contributed by atoms with Crippen molar-refractivity contribution in [2.45, 2.75) is 13.0 Å². The number of carbonyl (C=O) groups is 1. The summed E-state index contributed by atoms with van der Waals surface area (Å²) in [6, 6.07) is 12.8. The van der Waals surface area contributed by atoms with E-state index in [0.717, 1.165) is 11.4 Å². The van der Waals surface area contributed by atoms with E-state index in [1.165, 1.54) is 12.1 Å². The number of hydrogen-bond donors (Lipinski definition) is 2. The maximum atomic E-state index is 13.5. The summed E-state index contributed by atoms with van der Waals surface area (Å²) in [4.78, 5) is 12.0. The highest BCUT2D eigenvalue weighted by atomic mass is 19.1. The molecule has 2 aromatic carbocycles. The van der Waals surface area contributed by atoms with Crippen molar-refractivity contribution in [3.8, 4) is 5.75 Å². The number of amides is 1. The van der Waals surface area contributed by atoms with E-state index in [-0.39, 0.29) is 11.6 Å². The van der Waals surface area contributed by atoms with Gasteiger partial charge >= 0.3 is 0 Å².